The van der Waals surface area contributed by atoms with Crippen molar-refractivity contribution in [1.29, 1.82) is 0 Å². The fourth-order valence-electron chi connectivity index (χ4n) is 4.79. The second kappa shape index (κ2) is 5.81. The number of hydrogen-bond donors (Lipinski definition) is 0. The number of carbonyl (C=O) groups excluding carboxylic acids is 1. The minimum atomic E-state index is -2.46. The van der Waals surface area contributed by atoms with Crippen molar-refractivity contribution < 1.29 is 13.6 Å². The Balaban J connectivity index is 1.46. The van der Waals surface area contributed by atoms with Crippen LogP contribution in [0, 0.1) is 17.8 Å². The molecular weight excluding hydrogens is 312 g/mol. The van der Waals surface area contributed by atoms with E-state index in [1.165, 1.54) is 0 Å². The minimum Gasteiger partial charge on any atom is -0.335 e. The third-order valence-electron chi connectivity index (χ3n) is 6.26. The Hall–Kier alpha value is -1.46. The number of aromatic nitrogens is 2. The molecule has 0 N–H and O–H groups in total. The van der Waals surface area contributed by atoms with Crippen LogP contribution in [0.2, 0.25) is 0 Å². The molecule has 3 unspecified atom stereocenters. The molecule has 2 aliphatic carbocycles. The van der Waals surface area contributed by atoms with Crippen molar-refractivity contribution >= 4 is 5.91 Å². The van der Waals surface area contributed by atoms with E-state index in [0.29, 0.717) is 25.7 Å². The van der Waals surface area contributed by atoms with Crippen molar-refractivity contribution in [3.63, 3.8) is 0 Å². The van der Waals surface area contributed by atoms with Gasteiger partial charge in [-0.25, -0.2) is 8.78 Å². The van der Waals surface area contributed by atoms with Gasteiger partial charge in [0.15, 0.2) is 0 Å². The van der Waals surface area contributed by atoms with Crippen LogP contribution in [-0.4, -0.2) is 33.1 Å². The van der Waals surface area contributed by atoms with Crippen LogP contribution in [0.3, 0.4) is 0 Å². The highest BCUT2D eigenvalue weighted by molar-refractivity contribution is 5.79. The van der Waals surface area contributed by atoms with E-state index in [4.69, 9.17) is 0 Å². The fraction of sp³-hybridized carbons (Fsp3) is 0.778. The largest absolute Gasteiger partial charge is 0.335 e. The Morgan fingerprint density at radius 2 is 1.88 bits per heavy atom. The van der Waals surface area contributed by atoms with Crippen molar-refractivity contribution in [1.82, 2.24) is 14.7 Å². The molecule has 0 spiro atoms. The Kier molecular flexibility index (Phi) is 3.88. The van der Waals surface area contributed by atoms with E-state index in [0.717, 1.165) is 31.4 Å². The molecule has 24 heavy (non-hydrogen) atoms. The molecule has 3 atom stereocenters. The maximum atomic E-state index is 13.5. The molecule has 4 nitrogen and oxygen atoms in total. The predicted octanol–water partition coefficient (Wildman–Crippen LogP) is 3.55. The molecular formula is C18H25F2N3O. The fourth-order valence-corrected chi connectivity index (χ4v) is 4.79. The van der Waals surface area contributed by atoms with Gasteiger partial charge >= 0.3 is 0 Å². The van der Waals surface area contributed by atoms with Crippen LogP contribution in [0.5, 0.6) is 0 Å². The molecule has 1 saturated heterocycles. The van der Waals surface area contributed by atoms with Crippen LogP contribution in [0.25, 0.3) is 0 Å². The molecule has 0 bridgehead atoms. The number of rotatable bonds is 2. The van der Waals surface area contributed by atoms with Crippen LogP contribution in [-0.2, 0) is 11.8 Å². The zero-order chi connectivity index (χ0) is 16.9. The van der Waals surface area contributed by atoms with E-state index >= 15 is 0 Å². The number of fused-ring (bicyclic) bond motifs is 1. The van der Waals surface area contributed by atoms with E-state index in [2.05, 4.69) is 5.10 Å². The van der Waals surface area contributed by atoms with Gasteiger partial charge in [0.25, 0.3) is 5.92 Å². The summed E-state index contributed by atoms with van der Waals surface area (Å²) in [6.07, 6.45) is 9.17. The van der Waals surface area contributed by atoms with Gasteiger partial charge in [-0.2, -0.15) is 5.10 Å². The van der Waals surface area contributed by atoms with Gasteiger partial charge in [-0.3, -0.25) is 9.48 Å². The normalized spacial score (nSPS) is 35.2. The highest BCUT2D eigenvalue weighted by Crippen LogP contribution is 2.61. The lowest BCUT2D eigenvalue weighted by Gasteiger charge is -2.37. The van der Waals surface area contributed by atoms with Crippen molar-refractivity contribution in [3.8, 4) is 0 Å². The van der Waals surface area contributed by atoms with Crippen LogP contribution >= 0.6 is 0 Å². The van der Waals surface area contributed by atoms with Crippen molar-refractivity contribution in [3.05, 3.63) is 18.0 Å². The minimum absolute atomic E-state index is 0.0779. The van der Waals surface area contributed by atoms with Gasteiger partial charge in [-0.05, 0) is 44.9 Å². The zero-order valence-corrected chi connectivity index (χ0v) is 14.1. The number of aryl methyl sites for hydroxylation is 1. The van der Waals surface area contributed by atoms with Crippen LogP contribution in [0.15, 0.2) is 12.4 Å². The molecule has 4 rings (SSSR count). The smallest absolute Gasteiger partial charge is 0.254 e. The van der Waals surface area contributed by atoms with E-state index in [9.17, 15) is 13.6 Å². The SMILES string of the molecule is Cn1cc(C2CCCCN2C(=O)C2CCC3C(CC2)C3(F)F)cn1. The van der Waals surface area contributed by atoms with Gasteiger partial charge < -0.3 is 4.90 Å². The molecule has 3 fully saturated rings. The highest BCUT2D eigenvalue weighted by atomic mass is 19.3. The maximum Gasteiger partial charge on any atom is 0.254 e. The zero-order valence-electron chi connectivity index (χ0n) is 14.1. The molecule has 1 amide bonds. The second-order valence-electron chi connectivity index (χ2n) is 7.73. The second-order valence-corrected chi connectivity index (χ2v) is 7.73. The van der Waals surface area contributed by atoms with Crippen LogP contribution < -0.4 is 0 Å². The first-order valence-electron chi connectivity index (χ1n) is 9.15. The number of amides is 1. The van der Waals surface area contributed by atoms with Gasteiger partial charge in [-0.1, -0.05) is 0 Å². The highest BCUT2D eigenvalue weighted by Gasteiger charge is 2.67. The average Bonchev–Trinajstić information content (AvgIpc) is 2.96. The molecule has 3 aliphatic rings. The summed E-state index contributed by atoms with van der Waals surface area (Å²) in [6.45, 7) is 0.776. The Bertz CT molecular complexity index is 614. The molecule has 1 aliphatic heterocycles. The average molecular weight is 337 g/mol. The van der Waals surface area contributed by atoms with Gasteiger partial charge in [0, 0.05) is 43.1 Å². The van der Waals surface area contributed by atoms with E-state index in [1.54, 1.807) is 4.68 Å². The third kappa shape index (κ3) is 2.64. The first kappa shape index (κ1) is 16.0. The third-order valence-corrected chi connectivity index (χ3v) is 6.26. The van der Waals surface area contributed by atoms with Crippen LogP contribution in [0.1, 0.15) is 56.6 Å². The number of halogens is 2. The molecule has 6 heteroatoms. The molecule has 132 valence electrons. The van der Waals surface area contributed by atoms with Crippen LogP contribution in [0.4, 0.5) is 8.78 Å². The quantitative estimate of drug-likeness (QED) is 0.828. The Morgan fingerprint density at radius 1 is 1.17 bits per heavy atom. The first-order chi connectivity index (χ1) is 11.5. The standard InChI is InChI=1S/C18H25F2N3O/c1-22-11-13(10-21-22)16-4-2-3-9-23(16)17(24)12-5-7-14-15(8-6-12)18(14,19)20/h10-12,14-16H,2-9H2,1H3. The molecule has 2 saturated carbocycles. The van der Waals surface area contributed by atoms with E-state index in [1.807, 2.05) is 24.3 Å². The molecule has 0 radical (unpaired) electrons. The molecule has 0 aromatic carbocycles. The van der Waals surface area contributed by atoms with Gasteiger partial charge in [0.1, 0.15) is 0 Å². The maximum absolute atomic E-state index is 13.5. The monoisotopic (exact) mass is 337 g/mol. The molecule has 1 aromatic rings. The number of piperidine rings is 1. The topological polar surface area (TPSA) is 38.1 Å². The summed E-state index contributed by atoms with van der Waals surface area (Å²) in [5.74, 6) is -3.30. The van der Waals surface area contributed by atoms with E-state index in [-0.39, 0.29) is 17.9 Å². The van der Waals surface area contributed by atoms with Crippen molar-refractivity contribution in [2.45, 2.75) is 56.9 Å². The first-order valence-corrected chi connectivity index (χ1v) is 9.15. The molecule has 2 heterocycles. The Morgan fingerprint density at radius 3 is 2.50 bits per heavy atom. The lowest BCUT2D eigenvalue weighted by molar-refractivity contribution is -0.140. The Labute approximate surface area is 141 Å². The summed E-state index contributed by atoms with van der Waals surface area (Å²) < 4.78 is 28.9. The van der Waals surface area contributed by atoms with Gasteiger partial charge in [0.05, 0.1) is 12.2 Å². The summed E-state index contributed by atoms with van der Waals surface area (Å²) in [7, 11) is 1.89. The predicted molar refractivity (Wildman–Crippen MR) is 85.4 cm³/mol. The number of alkyl halides is 2. The number of carbonyl (C=O) groups is 1. The summed E-state index contributed by atoms with van der Waals surface area (Å²) >= 11 is 0. The molecule has 1 aromatic heterocycles. The van der Waals surface area contributed by atoms with Gasteiger partial charge in [0.2, 0.25) is 5.91 Å². The summed E-state index contributed by atoms with van der Waals surface area (Å²) in [5.41, 5.74) is 1.09. The summed E-state index contributed by atoms with van der Waals surface area (Å²) in [5, 5.41) is 4.24. The van der Waals surface area contributed by atoms with Crippen molar-refractivity contribution in [2.24, 2.45) is 24.8 Å². The summed E-state index contributed by atoms with van der Waals surface area (Å²) in [4.78, 5) is 15.1. The summed E-state index contributed by atoms with van der Waals surface area (Å²) in [6, 6.07) is 0.0965. The van der Waals surface area contributed by atoms with Crippen molar-refractivity contribution in [2.75, 3.05) is 6.54 Å². The number of hydrogen-bond acceptors (Lipinski definition) is 2. The van der Waals surface area contributed by atoms with Gasteiger partial charge in [-0.15, -0.1) is 0 Å². The van der Waals surface area contributed by atoms with E-state index < -0.39 is 17.8 Å². The lowest BCUT2D eigenvalue weighted by atomic mass is 9.91. The number of likely N-dealkylation sites (tertiary alicyclic amines) is 1. The number of nitrogens with zero attached hydrogens (tertiary/aromatic N) is 3. The lowest BCUT2D eigenvalue weighted by Crippen LogP contribution is -2.42.